The number of halogens is 1. The number of nitrogens with zero attached hydrogens (tertiary/aromatic N) is 1. The Morgan fingerprint density at radius 2 is 1.56 bits per heavy atom. The molecule has 3 aromatic carbocycles. The molecule has 0 bridgehead atoms. The van der Waals surface area contributed by atoms with E-state index in [1.165, 1.54) is 12.7 Å². The number of nitrogens with one attached hydrogen (secondary N) is 1. The van der Waals surface area contributed by atoms with Crippen LogP contribution in [0.1, 0.15) is 23.1 Å². The Morgan fingerprint density at radius 1 is 0.861 bits per heavy atom. The van der Waals surface area contributed by atoms with Crippen molar-refractivity contribution >= 4 is 29.4 Å². The molecule has 0 saturated heterocycles. The number of aliphatic imine (C=N–C) groups is 1. The normalized spacial score (nSPS) is 9.86. The highest BCUT2D eigenvalue weighted by atomic mass is 35.5. The van der Waals surface area contributed by atoms with Crippen molar-refractivity contribution in [2.24, 2.45) is 16.5 Å². The van der Waals surface area contributed by atoms with Crippen LogP contribution in [0.25, 0.3) is 0 Å². The lowest BCUT2D eigenvalue weighted by Gasteiger charge is -2.08. The summed E-state index contributed by atoms with van der Waals surface area (Å²) in [5, 5.41) is 3.59. The second-order valence-corrected chi connectivity index (χ2v) is 8.13. The fourth-order valence-corrected chi connectivity index (χ4v) is 3.40. The Hall–Kier alpha value is -4.04. The van der Waals surface area contributed by atoms with Gasteiger partial charge in [0.2, 0.25) is 5.91 Å². The lowest BCUT2D eigenvalue weighted by atomic mass is 10.1. The molecule has 3 aromatic rings. The van der Waals surface area contributed by atoms with Gasteiger partial charge in [0.15, 0.2) is 17.5 Å². The van der Waals surface area contributed by atoms with Gasteiger partial charge in [0, 0.05) is 18.0 Å². The van der Waals surface area contributed by atoms with Crippen molar-refractivity contribution in [3.8, 4) is 11.5 Å². The highest BCUT2D eigenvalue weighted by molar-refractivity contribution is 6.30. The molecule has 0 aliphatic rings. The summed E-state index contributed by atoms with van der Waals surface area (Å²) in [5.74, 6) is 0.574. The molecule has 9 heteroatoms. The number of guanidine groups is 1. The highest BCUT2D eigenvalue weighted by Gasteiger charge is 2.08. The summed E-state index contributed by atoms with van der Waals surface area (Å²) in [4.78, 5) is 26.5. The van der Waals surface area contributed by atoms with Crippen LogP contribution in [0.2, 0.25) is 5.02 Å². The van der Waals surface area contributed by atoms with Gasteiger partial charge in [-0.3, -0.25) is 9.59 Å². The molecule has 0 atom stereocenters. The van der Waals surface area contributed by atoms with E-state index in [4.69, 9.17) is 32.5 Å². The van der Waals surface area contributed by atoms with Gasteiger partial charge in [0.1, 0.15) is 0 Å². The predicted molar refractivity (Wildman–Crippen MR) is 142 cm³/mol. The van der Waals surface area contributed by atoms with E-state index in [0.29, 0.717) is 29.5 Å². The van der Waals surface area contributed by atoms with Crippen LogP contribution >= 0.6 is 11.6 Å². The first-order valence-electron chi connectivity index (χ1n) is 11.2. The van der Waals surface area contributed by atoms with Crippen molar-refractivity contribution in [2.75, 3.05) is 14.2 Å². The number of carbonyl (C=O) groups is 2. The van der Waals surface area contributed by atoms with Gasteiger partial charge in [-0.25, -0.2) is 0 Å². The fraction of sp³-hybridized carbons (Fsp3) is 0.222. The van der Waals surface area contributed by atoms with Crippen LogP contribution in [0.15, 0.2) is 77.8 Å². The molecule has 190 valence electrons. The molecule has 0 heterocycles. The van der Waals surface area contributed by atoms with E-state index in [1.54, 1.807) is 25.3 Å². The van der Waals surface area contributed by atoms with Crippen LogP contribution in [0.3, 0.4) is 0 Å². The average molecular weight is 511 g/mol. The van der Waals surface area contributed by atoms with Crippen LogP contribution in [0.5, 0.6) is 11.5 Å². The van der Waals surface area contributed by atoms with E-state index >= 15 is 0 Å². The minimum absolute atomic E-state index is 0.0591. The van der Waals surface area contributed by atoms with Crippen LogP contribution in [0.4, 0.5) is 0 Å². The number of benzene rings is 3. The van der Waals surface area contributed by atoms with Gasteiger partial charge in [-0.2, -0.15) is 4.99 Å². The summed E-state index contributed by atoms with van der Waals surface area (Å²) in [5.41, 5.74) is 13.2. The molecule has 0 aliphatic carbocycles. The zero-order valence-electron chi connectivity index (χ0n) is 20.4. The third-order valence-corrected chi connectivity index (χ3v) is 5.15. The number of hydrogen-bond donors (Lipinski definition) is 3. The van der Waals surface area contributed by atoms with Gasteiger partial charge in [0.25, 0.3) is 5.91 Å². The van der Waals surface area contributed by atoms with Crippen molar-refractivity contribution in [3.05, 3.63) is 94.5 Å². The molecule has 0 aromatic heterocycles. The molecule has 2 amide bonds. The van der Waals surface area contributed by atoms with E-state index in [9.17, 15) is 9.59 Å². The zero-order chi connectivity index (χ0) is 26.3. The van der Waals surface area contributed by atoms with E-state index < -0.39 is 5.91 Å². The standard InChI is InChI=1S/C16H16ClNO.C11H15N3O3/c17-15-8-4-7-14(11-15)12-18-16(19)10-9-13-5-2-1-3-6-13;1-16-8-4-3-7(5-9(8)17-2)6-10(15)14-11(12)13/h1-8,11H,9-10,12H2,(H,18,19);3-5H,6H2,1-2H3,(H4,12,13,14,15). The van der Waals surface area contributed by atoms with Gasteiger partial charge in [0.05, 0.1) is 20.6 Å². The van der Waals surface area contributed by atoms with Gasteiger partial charge in [-0.15, -0.1) is 0 Å². The van der Waals surface area contributed by atoms with Crippen LogP contribution in [0, 0.1) is 0 Å². The van der Waals surface area contributed by atoms with Gasteiger partial charge < -0.3 is 26.3 Å². The van der Waals surface area contributed by atoms with Crippen molar-refractivity contribution in [1.82, 2.24) is 5.32 Å². The Kier molecular flexibility index (Phi) is 11.8. The molecule has 0 unspecified atom stereocenters. The van der Waals surface area contributed by atoms with E-state index in [-0.39, 0.29) is 18.3 Å². The summed E-state index contributed by atoms with van der Waals surface area (Å²) in [6, 6.07) is 22.7. The van der Waals surface area contributed by atoms with Crippen LogP contribution in [-0.4, -0.2) is 32.0 Å². The molecule has 0 fully saturated rings. The van der Waals surface area contributed by atoms with Gasteiger partial charge in [-0.05, 0) is 47.4 Å². The predicted octanol–water partition coefficient (Wildman–Crippen LogP) is 3.64. The van der Waals surface area contributed by atoms with Crippen molar-refractivity contribution in [3.63, 3.8) is 0 Å². The number of nitrogens with two attached hydrogens (primary N) is 2. The number of methoxy groups -OCH3 is 2. The molecule has 0 saturated carbocycles. The lowest BCUT2D eigenvalue weighted by molar-refractivity contribution is -0.121. The van der Waals surface area contributed by atoms with Gasteiger partial charge >= 0.3 is 0 Å². The maximum Gasteiger partial charge on any atom is 0.253 e. The van der Waals surface area contributed by atoms with Gasteiger partial charge in [-0.1, -0.05) is 60.1 Å². The summed E-state index contributed by atoms with van der Waals surface area (Å²) in [6.07, 6.45) is 1.38. The molecule has 0 spiro atoms. The monoisotopic (exact) mass is 510 g/mol. The molecule has 5 N–H and O–H groups in total. The van der Waals surface area contributed by atoms with E-state index in [1.807, 2.05) is 54.6 Å². The van der Waals surface area contributed by atoms with Crippen molar-refractivity contribution < 1.29 is 19.1 Å². The first kappa shape index (κ1) is 28.2. The number of ether oxygens (including phenoxy) is 2. The molecule has 3 rings (SSSR count). The highest BCUT2D eigenvalue weighted by Crippen LogP contribution is 2.27. The largest absolute Gasteiger partial charge is 0.493 e. The second-order valence-electron chi connectivity index (χ2n) is 7.69. The number of aryl methyl sites for hydroxylation is 1. The number of hydrogen-bond acceptors (Lipinski definition) is 4. The zero-order valence-corrected chi connectivity index (χ0v) is 21.1. The smallest absolute Gasteiger partial charge is 0.253 e. The van der Waals surface area contributed by atoms with Crippen molar-refractivity contribution in [1.29, 1.82) is 0 Å². The number of amides is 2. The third-order valence-electron chi connectivity index (χ3n) is 4.92. The topological polar surface area (TPSA) is 129 Å². The average Bonchev–Trinajstić information content (AvgIpc) is 2.86. The van der Waals surface area contributed by atoms with E-state index in [0.717, 1.165) is 17.5 Å². The molecule has 0 aliphatic heterocycles. The van der Waals surface area contributed by atoms with E-state index in [2.05, 4.69) is 10.3 Å². The Labute approximate surface area is 216 Å². The summed E-state index contributed by atoms with van der Waals surface area (Å²) < 4.78 is 10.2. The fourth-order valence-electron chi connectivity index (χ4n) is 3.19. The number of rotatable bonds is 9. The minimum atomic E-state index is -0.405. The first-order chi connectivity index (χ1) is 17.3. The maximum absolute atomic E-state index is 11.7. The maximum atomic E-state index is 11.7. The summed E-state index contributed by atoms with van der Waals surface area (Å²) in [6.45, 7) is 0.522. The summed E-state index contributed by atoms with van der Waals surface area (Å²) in [7, 11) is 3.07. The molecule has 8 nitrogen and oxygen atoms in total. The second kappa shape index (κ2) is 15.1. The third kappa shape index (κ3) is 10.5. The number of carbonyl (C=O) groups excluding carboxylic acids is 2. The molecular weight excluding hydrogens is 480 g/mol. The minimum Gasteiger partial charge on any atom is -0.493 e. The SMILES string of the molecule is COc1ccc(CC(=O)N=C(N)N)cc1OC.O=C(CCc1ccccc1)NCc1cccc(Cl)c1. The van der Waals surface area contributed by atoms with Crippen LogP contribution in [-0.2, 0) is 29.0 Å². The van der Waals surface area contributed by atoms with Crippen LogP contribution < -0.4 is 26.3 Å². The van der Waals surface area contributed by atoms with Crippen molar-refractivity contribution in [2.45, 2.75) is 25.8 Å². The Morgan fingerprint density at radius 3 is 2.19 bits per heavy atom. The lowest BCUT2D eigenvalue weighted by Crippen LogP contribution is -2.24. The quantitative estimate of drug-likeness (QED) is 0.298. The molecule has 0 radical (unpaired) electrons. The molecule has 36 heavy (non-hydrogen) atoms. The molecular formula is C27H31ClN4O4. The first-order valence-corrected chi connectivity index (χ1v) is 11.6. The Bertz CT molecular complexity index is 1170. The summed E-state index contributed by atoms with van der Waals surface area (Å²) >= 11 is 5.89. The Balaban J connectivity index is 0.000000255.